The molecular formula is C20H21N3O3. The van der Waals surface area contributed by atoms with Gasteiger partial charge in [-0.15, -0.1) is 0 Å². The van der Waals surface area contributed by atoms with Crippen LogP contribution in [0, 0.1) is 0 Å². The Labute approximate surface area is 151 Å². The Hall–Kier alpha value is -3.28. The third kappa shape index (κ3) is 2.79. The van der Waals surface area contributed by atoms with E-state index >= 15 is 0 Å². The molecule has 0 atom stereocenters. The molecule has 0 spiro atoms. The number of hydrogen-bond donors (Lipinski definition) is 1. The maximum Gasteiger partial charge on any atom is 0.267 e. The van der Waals surface area contributed by atoms with Gasteiger partial charge in [0.2, 0.25) is 0 Å². The number of aromatic hydroxyl groups is 1. The maximum atomic E-state index is 12.9. The minimum absolute atomic E-state index is 0.234. The molecule has 3 rings (SSSR count). The molecule has 26 heavy (non-hydrogen) atoms. The van der Waals surface area contributed by atoms with Crippen LogP contribution in [0.15, 0.2) is 53.3 Å². The number of carbonyl (C=O) groups excluding carboxylic acids is 1. The molecule has 1 aromatic heterocycles. The molecule has 2 aromatic carbocycles. The van der Waals surface area contributed by atoms with Crippen molar-refractivity contribution in [2.24, 2.45) is 7.05 Å². The monoisotopic (exact) mass is 351 g/mol. The van der Waals surface area contributed by atoms with Crippen molar-refractivity contribution < 1.29 is 9.90 Å². The minimum Gasteiger partial charge on any atom is -0.506 e. The van der Waals surface area contributed by atoms with E-state index in [9.17, 15) is 14.7 Å². The van der Waals surface area contributed by atoms with Crippen molar-refractivity contribution in [2.75, 3.05) is 30.9 Å². The van der Waals surface area contributed by atoms with Gasteiger partial charge in [-0.1, -0.05) is 18.2 Å². The third-order valence-corrected chi connectivity index (χ3v) is 4.53. The van der Waals surface area contributed by atoms with Crippen LogP contribution in [0.2, 0.25) is 0 Å². The second-order valence-electron chi connectivity index (χ2n) is 6.38. The number of para-hydroxylation sites is 1. The van der Waals surface area contributed by atoms with Crippen LogP contribution in [0.3, 0.4) is 0 Å². The highest BCUT2D eigenvalue weighted by molar-refractivity contribution is 6.10. The molecule has 0 fully saturated rings. The first-order valence-corrected chi connectivity index (χ1v) is 8.19. The van der Waals surface area contributed by atoms with Crippen molar-refractivity contribution in [2.45, 2.75) is 0 Å². The summed E-state index contributed by atoms with van der Waals surface area (Å²) in [6.07, 6.45) is 0. The van der Waals surface area contributed by atoms with Crippen LogP contribution in [-0.4, -0.2) is 36.7 Å². The summed E-state index contributed by atoms with van der Waals surface area (Å²) in [7, 11) is 6.95. The molecule has 0 aliphatic rings. The van der Waals surface area contributed by atoms with E-state index in [-0.39, 0.29) is 11.3 Å². The largest absolute Gasteiger partial charge is 0.506 e. The van der Waals surface area contributed by atoms with E-state index in [1.54, 1.807) is 50.5 Å². The fraction of sp³-hybridized carbons (Fsp3) is 0.200. The minimum atomic E-state index is -0.550. The lowest BCUT2D eigenvalue weighted by molar-refractivity contribution is 0.0988. The second kappa shape index (κ2) is 6.55. The number of rotatable bonds is 3. The van der Waals surface area contributed by atoms with Gasteiger partial charge < -0.3 is 19.5 Å². The summed E-state index contributed by atoms with van der Waals surface area (Å²) in [6.45, 7) is 0. The normalized spacial score (nSPS) is 10.8. The van der Waals surface area contributed by atoms with Crippen LogP contribution in [0.4, 0.5) is 11.4 Å². The van der Waals surface area contributed by atoms with Gasteiger partial charge in [-0.25, -0.2) is 0 Å². The van der Waals surface area contributed by atoms with Crippen LogP contribution >= 0.6 is 0 Å². The molecule has 0 aliphatic carbocycles. The summed E-state index contributed by atoms with van der Waals surface area (Å²) in [5.74, 6) is -0.842. The highest BCUT2D eigenvalue weighted by Gasteiger charge is 2.24. The van der Waals surface area contributed by atoms with Crippen LogP contribution in [0.5, 0.6) is 5.75 Å². The number of pyridine rings is 1. The topological polar surface area (TPSA) is 65.8 Å². The number of carbonyl (C=O) groups is 1. The van der Waals surface area contributed by atoms with Gasteiger partial charge in [0.15, 0.2) is 0 Å². The van der Waals surface area contributed by atoms with Gasteiger partial charge in [0, 0.05) is 45.0 Å². The number of anilines is 2. The molecule has 1 N–H and O–H groups in total. The van der Waals surface area contributed by atoms with E-state index in [4.69, 9.17) is 0 Å². The lowest BCUT2D eigenvalue weighted by Crippen LogP contribution is -2.34. The fourth-order valence-electron chi connectivity index (χ4n) is 2.93. The Kier molecular flexibility index (Phi) is 4.42. The maximum absolute atomic E-state index is 12.9. The molecule has 0 saturated heterocycles. The molecular weight excluding hydrogens is 330 g/mol. The molecule has 6 nitrogen and oxygen atoms in total. The zero-order chi connectivity index (χ0) is 19.0. The predicted octanol–water partition coefficient (Wildman–Crippen LogP) is 2.59. The van der Waals surface area contributed by atoms with Gasteiger partial charge in [0.05, 0.1) is 5.52 Å². The summed E-state index contributed by atoms with van der Waals surface area (Å²) in [5.41, 5.74) is 1.31. The number of amides is 1. The number of nitrogens with zero attached hydrogens (tertiary/aromatic N) is 3. The summed E-state index contributed by atoms with van der Waals surface area (Å²) in [4.78, 5) is 28.9. The van der Waals surface area contributed by atoms with E-state index < -0.39 is 11.5 Å². The molecule has 0 unspecified atom stereocenters. The van der Waals surface area contributed by atoms with E-state index in [1.807, 2.05) is 31.1 Å². The molecule has 6 heteroatoms. The SMILES string of the molecule is CN(C)c1ccc2c(c1)c(O)c(C(=O)N(C)c1ccccc1)c(=O)n2C. The Morgan fingerprint density at radius 3 is 2.27 bits per heavy atom. The molecule has 0 aliphatic heterocycles. The summed E-state index contributed by atoms with van der Waals surface area (Å²) in [6, 6.07) is 14.4. The molecule has 1 heterocycles. The number of benzene rings is 2. The Balaban J connectivity index is 2.22. The predicted molar refractivity (Wildman–Crippen MR) is 104 cm³/mol. The number of hydrogen-bond acceptors (Lipinski definition) is 4. The zero-order valence-corrected chi connectivity index (χ0v) is 15.2. The van der Waals surface area contributed by atoms with Crippen LogP contribution in [-0.2, 0) is 7.05 Å². The van der Waals surface area contributed by atoms with Gasteiger partial charge in [-0.05, 0) is 30.3 Å². The smallest absolute Gasteiger partial charge is 0.267 e. The first kappa shape index (κ1) is 17.5. The van der Waals surface area contributed by atoms with E-state index in [2.05, 4.69) is 0 Å². The van der Waals surface area contributed by atoms with E-state index in [1.165, 1.54) is 9.47 Å². The van der Waals surface area contributed by atoms with Crippen molar-refractivity contribution in [1.29, 1.82) is 0 Å². The van der Waals surface area contributed by atoms with E-state index in [0.717, 1.165) is 5.69 Å². The van der Waals surface area contributed by atoms with Gasteiger partial charge in [0.25, 0.3) is 11.5 Å². The van der Waals surface area contributed by atoms with Crippen molar-refractivity contribution in [3.63, 3.8) is 0 Å². The Bertz CT molecular complexity index is 1040. The van der Waals surface area contributed by atoms with Gasteiger partial charge in [0.1, 0.15) is 11.3 Å². The van der Waals surface area contributed by atoms with Crippen LogP contribution in [0.25, 0.3) is 10.9 Å². The van der Waals surface area contributed by atoms with Gasteiger partial charge in [-0.2, -0.15) is 0 Å². The summed E-state index contributed by atoms with van der Waals surface area (Å²) >= 11 is 0. The van der Waals surface area contributed by atoms with Crippen molar-refractivity contribution in [3.05, 3.63) is 64.4 Å². The second-order valence-corrected chi connectivity index (χ2v) is 6.38. The summed E-state index contributed by atoms with van der Waals surface area (Å²) in [5, 5.41) is 11.2. The third-order valence-electron chi connectivity index (χ3n) is 4.53. The van der Waals surface area contributed by atoms with Gasteiger partial charge >= 0.3 is 0 Å². The van der Waals surface area contributed by atoms with Crippen LogP contribution in [0.1, 0.15) is 10.4 Å². The molecule has 134 valence electrons. The van der Waals surface area contributed by atoms with E-state index in [0.29, 0.717) is 16.6 Å². The molecule has 0 bridgehead atoms. The van der Waals surface area contributed by atoms with Crippen molar-refractivity contribution in [1.82, 2.24) is 4.57 Å². The average Bonchev–Trinajstić information content (AvgIpc) is 2.65. The molecule has 1 amide bonds. The zero-order valence-electron chi connectivity index (χ0n) is 15.2. The lowest BCUT2D eigenvalue weighted by atomic mass is 10.1. The lowest BCUT2D eigenvalue weighted by Gasteiger charge is -2.20. The number of fused-ring (bicyclic) bond motifs is 1. The first-order valence-electron chi connectivity index (χ1n) is 8.19. The Morgan fingerprint density at radius 1 is 1.00 bits per heavy atom. The Morgan fingerprint density at radius 2 is 1.65 bits per heavy atom. The molecule has 0 radical (unpaired) electrons. The quantitative estimate of drug-likeness (QED) is 0.788. The van der Waals surface area contributed by atoms with Crippen LogP contribution < -0.4 is 15.4 Å². The van der Waals surface area contributed by atoms with Gasteiger partial charge in [-0.3, -0.25) is 9.59 Å². The highest BCUT2D eigenvalue weighted by atomic mass is 16.3. The number of aromatic nitrogens is 1. The summed E-state index contributed by atoms with van der Waals surface area (Å²) < 4.78 is 1.39. The van der Waals surface area contributed by atoms with Crippen molar-refractivity contribution >= 4 is 28.2 Å². The number of aryl methyl sites for hydroxylation is 1. The molecule has 3 aromatic rings. The molecule has 0 saturated carbocycles. The first-order chi connectivity index (χ1) is 12.3. The van der Waals surface area contributed by atoms with Crippen molar-refractivity contribution in [3.8, 4) is 5.75 Å². The average molecular weight is 351 g/mol. The standard InChI is InChI=1S/C20H21N3O3/c1-21(2)14-10-11-16-15(12-14)18(24)17(20(26)23(16)4)19(25)22(3)13-8-6-5-7-9-13/h5-12,24H,1-4H3. The highest BCUT2D eigenvalue weighted by Crippen LogP contribution is 2.30. The fourth-order valence-corrected chi connectivity index (χ4v) is 2.93.